The van der Waals surface area contributed by atoms with Gasteiger partial charge in [-0.15, -0.1) is 0 Å². The van der Waals surface area contributed by atoms with Crippen molar-refractivity contribution in [1.82, 2.24) is 4.98 Å². The molecule has 0 unspecified atom stereocenters. The molecule has 2 rings (SSSR count). The molecule has 2 N–H and O–H groups in total. The van der Waals surface area contributed by atoms with Gasteiger partial charge in [-0.2, -0.15) is 0 Å². The van der Waals surface area contributed by atoms with Gasteiger partial charge in [-0.1, -0.05) is 12.1 Å². The summed E-state index contributed by atoms with van der Waals surface area (Å²) in [6, 6.07) is 10.3. The SMILES string of the molecule is C[C@H](N)c1ccc(OCCc2ccccn2)c(F)c1. The van der Waals surface area contributed by atoms with E-state index in [4.69, 9.17) is 10.5 Å². The number of hydrogen-bond acceptors (Lipinski definition) is 3. The third-order valence-corrected chi connectivity index (χ3v) is 2.82. The maximum atomic E-state index is 13.7. The van der Waals surface area contributed by atoms with Crippen molar-refractivity contribution in [3.05, 3.63) is 59.7 Å². The fourth-order valence-electron chi connectivity index (χ4n) is 1.73. The minimum atomic E-state index is -0.379. The molecule has 0 spiro atoms. The molecule has 100 valence electrons. The summed E-state index contributed by atoms with van der Waals surface area (Å²) in [5, 5.41) is 0. The third-order valence-electron chi connectivity index (χ3n) is 2.82. The van der Waals surface area contributed by atoms with Gasteiger partial charge in [0.05, 0.1) is 6.61 Å². The molecule has 1 aromatic heterocycles. The van der Waals surface area contributed by atoms with Crippen molar-refractivity contribution < 1.29 is 9.13 Å². The van der Waals surface area contributed by atoms with E-state index in [2.05, 4.69) is 4.98 Å². The number of nitrogens with zero attached hydrogens (tertiary/aromatic N) is 1. The van der Waals surface area contributed by atoms with E-state index < -0.39 is 0 Å². The lowest BCUT2D eigenvalue weighted by molar-refractivity contribution is 0.304. The van der Waals surface area contributed by atoms with Crippen molar-refractivity contribution in [2.45, 2.75) is 19.4 Å². The van der Waals surface area contributed by atoms with Crippen molar-refractivity contribution in [1.29, 1.82) is 0 Å². The van der Waals surface area contributed by atoms with Gasteiger partial charge in [0.1, 0.15) is 0 Å². The van der Waals surface area contributed by atoms with Crippen LogP contribution in [0.3, 0.4) is 0 Å². The smallest absolute Gasteiger partial charge is 0.165 e. The molecule has 1 atom stereocenters. The van der Waals surface area contributed by atoms with Crippen LogP contribution in [-0.2, 0) is 6.42 Å². The standard InChI is InChI=1S/C15H17FN2O/c1-11(17)12-5-6-15(14(16)10-12)19-9-7-13-4-2-3-8-18-13/h2-6,8,10-11H,7,9,17H2,1H3/t11-/m0/s1. The number of nitrogens with two attached hydrogens (primary N) is 1. The molecule has 0 aliphatic heterocycles. The lowest BCUT2D eigenvalue weighted by Gasteiger charge is -2.10. The molecular weight excluding hydrogens is 243 g/mol. The van der Waals surface area contributed by atoms with E-state index in [0.717, 1.165) is 11.3 Å². The highest BCUT2D eigenvalue weighted by Gasteiger charge is 2.07. The van der Waals surface area contributed by atoms with E-state index in [9.17, 15) is 4.39 Å². The molecule has 0 saturated heterocycles. The molecule has 0 saturated carbocycles. The Morgan fingerprint density at radius 2 is 2.16 bits per heavy atom. The largest absolute Gasteiger partial charge is 0.490 e. The Kier molecular flexibility index (Phi) is 4.47. The summed E-state index contributed by atoms with van der Waals surface area (Å²) in [4.78, 5) is 4.18. The Morgan fingerprint density at radius 3 is 2.79 bits per heavy atom. The Balaban J connectivity index is 1.93. The Hall–Kier alpha value is -1.94. The van der Waals surface area contributed by atoms with Crippen LogP contribution in [0.5, 0.6) is 5.75 Å². The van der Waals surface area contributed by atoms with E-state index in [1.807, 2.05) is 25.1 Å². The van der Waals surface area contributed by atoms with E-state index in [0.29, 0.717) is 13.0 Å². The quantitative estimate of drug-likeness (QED) is 0.899. The molecule has 0 aliphatic rings. The van der Waals surface area contributed by atoms with Crippen LogP contribution in [0.4, 0.5) is 4.39 Å². The summed E-state index contributed by atoms with van der Waals surface area (Å²) >= 11 is 0. The topological polar surface area (TPSA) is 48.1 Å². The molecule has 1 heterocycles. The van der Waals surface area contributed by atoms with Gasteiger partial charge < -0.3 is 10.5 Å². The van der Waals surface area contributed by atoms with E-state index in [-0.39, 0.29) is 17.6 Å². The van der Waals surface area contributed by atoms with Crippen molar-refractivity contribution in [2.24, 2.45) is 5.73 Å². The van der Waals surface area contributed by atoms with E-state index in [1.54, 1.807) is 18.3 Å². The minimum Gasteiger partial charge on any atom is -0.490 e. The van der Waals surface area contributed by atoms with E-state index in [1.165, 1.54) is 6.07 Å². The summed E-state index contributed by atoms with van der Waals surface area (Å²) in [6.45, 7) is 2.21. The molecule has 0 fully saturated rings. The Bertz CT molecular complexity index is 529. The molecule has 0 radical (unpaired) electrons. The zero-order chi connectivity index (χ0) is 13.7. The van der Waals surface area contributed by atoms with Crippen LogP contribution in [0.1, 0.15) is 24.2 Å². The molecular formula is C15H17FN2O. The lowest BCUT2D eigenvalue weighted by atomic mass is 10.1. The lowest BCUT2D eigenvalue weighted by Crippen LogP contribution is -2.07. The number of hydrogen-bond donors (Lipinski definition) is 1. The van der Waals surface area contributed by atoms with E-state index >= 15 is 0 Å². The summed E-state index contributed by atoms with van der Waals surface area (Å²) < 4.78 is 19.2. The second-order valence-electron chi connectivity index (χ2n) is 4.40. The predicted molar refractivity (Wildman–Crippen MR) is 72.4 cm³/mol. The van der Waals surface area contributed by atoms with Crippen LogP contribution in [-0.4, -0.2) is 11.6 Å². The van der Waals surface area contributed by atoms with Gasteiger partial charge in [0.15, 0.2) is 11.6 Å². The minimum absolute atomic E-state index is 0.183. The Labute approximate surface area is 112 Å². The summed E-state index contributed by atoms with van der Waals surface area (Å²) in [7, 11) is 0. The molecule has 2 aromatic rings. The fraction of sp³-hybridized carbons (Fsp3) is 0.267. The molecule has 1 aromatic carbocycles. The highest BCUT2D eigenvalue weighted by atomic mass is 19.1. The highest BCUT2D eigenvalue weighted by Crippen LogP contribution is 2.21. The predicted octanol–water partition coefficient (Wildman–Crippen LogP) is 2.86. The van der Waals surface area contributed by atoms with Crippen LogP contribution in [0.2, 0.25) is 0 Å². The summed E-state index contributed by atoms with van der Waals surface area (Å²) in [5.74, 6) is -0.129. The van der Waals surface area contributed by atoms with Gasteiger partial charge in [0.2, 0.25) is 0 Å². The molecule has 0 amide bonds. The number of halogens is 1. The van der Waals surface area contributed by atoms with Crippen molar-refractivity contribution in [2.75, 3.05) is 6.61 Å². The van der Waals surface area contributed by atoms with Crippen molar-refractivity contribution >= 4 is 0 Å². The average Bonchev–Trinajstić information content (AvgIpc) is 2.41. The van der Waals surface area contributed by atoms with Crippen molar-refractivity contribution in [3.8, 4) is 5.75 Å². The first kappa shape index (κ1) is 13.5. The second kappa shape index (κ2) is 6.29. The molecule has 19 heavy (non-hydrogen) atoms. The fourth-order valence-corrected chi connectivity index (χ4v) is 1.73. The normalized spacial score (nSPS) is 12.2. The van der Waals surface area contributed by atoms with Crippen LogP contribution in [0.15, 0.2) is 42.6 Å². The van der Waals surface area contributed by atoms with Crippen LogP contribution in [0.25, 0.3) is 0 Å². The molecule has 4 heteroatoms. The summed E-state index contributed by atoms with van der Waals surface area (Å²) in [6.07, 6.45) is 2.38. The zero-order valence-corrected chi connectivity index (χ0v) is 10.8. The van der Waals surface area contributed by atoms with Crippen molar-refractivity contribution in [3.63, 3.8) is 0 Å². The monoisotopic (exact) mass is 260 g/mol. The molecule has 0 aliphatic carbocycles. The van der Waals surface area contributed by atoms with Gasteiger partial charge >= 0.3 is 0 Å². The number of rotatable bonds is 5. The first-order chi connectivity index (χ1) is 9.16. The maximum Gasteiger partial charge on any atom is 0.165 e. The highest BCUT2D eigenvalue weighted by molar-refractivity contribution is 5.30. The van der Waals surface area contributed by atoms with Crippen LogP contribution in [0, 0.1) is 5.82 Å². The van der Waals surface area contributed by atoms with Crippen LogP contribution < -0.4 is 10.5 Å². The number of benzene rings is 1. The second-order valence-corrected chi connectivity index (χ2v) is 4.40. The van der Waals surface area contributed by atoms with Gasteiger partial charge in [0.25, 0.3) is 0 Å². The van der Waals surface area contributed by atoms with Gasteiger partial charge in [-0.3, -0.25) is 4.98 Å². The zero-order valence-electron chi connectivity index (χ0n) is 10.8. The molecule has 3 nitrogen and oxygen atoms in total. The van der Waals surface area contributed by atoms with Gasteiger partial charge in [-0.25, -0.2) is 4.39 Å². The number of aromatic nitrogens is 1. The Morgan fingerprint density at radius 1 is 1.32 bits per heavy atom. The van der Waals surface area contributed by atoms with Crippen LogP contribution >= 0.6 is 0 Å². The van der Waals surface area contributed by atoms with Gasteiger partial charge in [-0.05, 0) is 36.8 Å². The van der Waals surface area contributed by atoms with Gasteiger partial charge in [0, 0.05) is 24.4 Å². The average molecular weight is 260 g/mol. The number of pyridine rings is 1. The first-order valence-electron chi connectivity index (χ1n) is 6.24. The summed E-state index contributed by atoms with van der Waals surface area (Å²) in [5.41, 5.74) is 7.38. The third kappa shape index (κ3) is 3.76. The maximum absolute atomic E-state index is 13.7. The number of ether oxygens (including phenoxy) is 1. The molecule has 0 bridgehead atoms. The first-order valence-corrected chi connectivity index (χ1v) is 6.24.